The third kappa shape index (κ3) is 28.7. The Balaban J connectivity index is 1.36. The first-order chi connectivity index (χ1) is 39.3. The van der Waals surface area contributed by atoms with E-state index in [1.807, 2.05) is 6.08 Å². The maximum atomic E-state index is 13.3. The Hall–Kier alpha value is -2.25. The molecule has 472 valence electrons. The quantitative estimate of drug-likeness (QED) is 0.0236. The molecule has 0 aliphatic carbocycles. The number of amides is 1. The summed E-state index contributed by atoms with van der Waals surface area (Å²) in [7, 11) is 0. The molecule has 1 amide bonds. The third-order valence-electron chi connectivity index (χ3n) is 15.6. The highest BCUT2D eigenvalue weighted by Crippen LogP contribution is 2.33. The number of aliphatic hydroxyl groups is 11. The molecule has 81 heavy (non-hydrogen) atoms. The van der Waals surface area contributed by atoms with Gasteiger partial charge < -0.3 is 89.9 Å². The van der Waals surface area contributed by atoms with E-state index in [1.165, 1.54) is 109 Å². The van der Waals surface area contributed by atoms with E-state index in [0.717, 1.165) is 70.6 Å². The molecule has 0 aromatic rings. The van der Waals surface area contributed by atoms with Crippen LogP contribution in [0.1, 0.15) is 206 Å². The molecule has 3 rings (SSSR count). The average molecular weight is 1160 g/mol. The molecule has 0 spiro atoms. The third-order valence-corrected chi connectivity index (χ3v) is 15.6. The summed E-state index contributed by atoms with van der Waals surface area (Å²) < 4.78 is 34.1. The van der Waals surface area contributed by atoms with E-state index in [1.54, 1.807) is 6.08 Å². The second-order valence-electron chi connectivity index (χ2n) is 22.5. The van der Waals surface area contributed by atoms with Gasteiger partial charge in [0.25, 0.3) is 0 Å². The minimum atomic E-state index is -1.98. The molecule has 0 saturated carbocycles. The smallest absolute Gasteiger partial charge is 0.220 e. The van der Waals surface area contributed by atoms with E-state index in [9.17, 15) is 61.0 Å². The van der Waals surface area contributed by atoms with Crippen LogP contribution in [0.15, 0.2) is 48.6 Å². The van der Waals surface area contributed by atoms with Crippen LogP contribution in [0, 0.1) is 0 Å². The Kier molecular flexibility index (Phi) is 40.7. The van der Waals surface area contributed by atoms with Gasteiger partial charge >= 0.3 is 0 Å². The maximum absolute atomic E-state index is 13.3. The lowest BCUT2D eigenvalue weighted by atomic mass is 9.96. The van der Waals surface area contributed by atoms with Crippen LogP contribution < -0.4 is 5.32 Å². The number of hydrogen-bond donors (Lipinski definition) is 12. The Bertz CT molecular complexity index is 1670. The van der Waals surface area contributed by atoms with Crippen molar-refractivity contribution in [2.24, 2.45) is 0 Å². The summed E-state index contributed by atoms with van der Waals surface area (Å²) in [5, 5.41) is 120. The number of ether oxygens (including phenoxy) is 6. The van der Waals surface area contributed by atoms with Gasteiger partial charge in [-0.2, -0.15) is 0 Å². The Morgan fingerprint density at radius 1 is 0.444 bits per heavy atom. The average Bonchev–Trinajstić information content (AvgIpc) is 3.48. The molecule has 19 nitrogen and oxygen atoms in total. The number of rotatable bonds is 46. The van der Waals surface area contributed by atoms with Gasteiger partial charge in [0.15, 0.2) is 18.9 Å². The first kappa shape index (κ1) is 73.0. The second-order valence-corrected chi connectivity index (χ2v) is 22.5. The van der Waals surface area contributed by atoms with Crippen LogP contribution >= 0.6 is 0 Å². The SMILES string of the molecule is CCCCCCC/C=C\C/C=C\C/C=C\CCCCCCCCCCCCCCCCC(=O)NC(COC1OC(CO)C(OC2OC(CO)C(OC3OC(CO)C(O)C(O)C3O)C(O)C2O)C(O)C1O)C(O)/C=C/CCCCCCC. The number of nitrogens with one attached hydrogen (secondary N) is 1. The summed E-state index contributed by atoms with van der Waals surface area (Å²) in [4.78, 5) is 13.3. The van der Waals surface area contributed by atoms with Gasteiger partial charge in [-0.25, -0.2) is 0 Å². The predicted molar refractivity (Wildman–Crippen MR) is 309 cm³/mol. The molecule has 0 bridgehead atoms. The molecule has 3 aliphatic rings. The zero-order chi connectivity index (χ0) is 59.0. The van der Waals surface area contributed by atoms with E-state index in [0.29, 0.717) is 6.42 Å². The fourth-order valence-electron chi connectivity index (χ4n) is 10.4. The Morgan fingerprint density at radius 3 is 1.27 bits per heavy atom. The predicted octanol–water partition coefficient (Wildman–Crippen LogP) is 6.26. The van der Waals surface area contributed by atoms with Crippen LogP contribution in [0.4, 0.5) is 0 Å². The van der Waals surface area contributed by atoms with Gasteiger partial charge in [-0.05, 0) is 57.8 Å². The number of carbonyl (C=O) groups is 1. The molecular weight excluding hydrogens is 1050 g/mol. The first-order valence-electron chi connectivity index (χ1n) is 31.4. The maximum Gasteiger partial charge on any atom is 0.220 e. The second kappa shape index (κ2) is 45.1. The van der Waals surface area contributed by atoms with Crippen molar-refractivity contribution in [3.8, 4) is 0 Å². The molecule has 0 aromatic heterocycles. The minimum Gasteiger partial charge on any atom is -0.394 e. The molecular formula is C62H111NO18. The summed E-state index contributed by atoms with van der Waals surface area (Å²) in [6, 6.07) is -0.971. The van der Waals surface area contributed by atoms with Crippen molar-refractivity contribution < 1.29 is 89.4 Å². The van der Waals surface area contributed by atoms with Gasteiger partial charge in [-0.1, -0.05) is 191 Å². The monoisotopic (exact) mass is 1160 g/mol. The van der Waals surface area contributed by atoms with Crippen molar-refractivity contribution in [1.29, 1.82) is 0 Å². The van der Waals surface area contributed by atoms with Gasteiger partial charge in [0.2, 0.25) is 5.91 Å². The number of aliphatic hydroxyl groups excluding tert-OH is 11. The molecule has 3 aliphatic heterocycles. The normalized spacial score (nSPS) is 30.1. The summed E-state index contributed by atoms with van der Waals surface area (Å²) in [6.45, 7) is 1.63. The van der Waals surface area contributed by atoms with Crippen molar-refractivity contribution in [3.05, 3.63) is 48.6 Å². The fourth-order valence-corrected chi connectivity index (χ4v) is 10.4. The van der Waals surface area contributed by atoms with Crippen LogP contribution in [0.25, 0.3) is 0 Å². The molecule has 0 radical (unpaired) electrons. The van der Waals surface area contributed by atoms with Crippen LogP contribution in [0.2, 0.25) is 0 Å². The molecule has 0 aromatic carbocycles. The Morgan fingerprint density at radius 2 is 0.815 bits per heavy atom. The van der Waals surface area contributed by atoms with E-state index < -0.39 is 124 Å². The topological polar surface area (TPSA) is 307 Å². The number of unbranched alkanes of at least 4 members (excludes halogenated alkanes) is 24. The van der Waals surface area contributed by atoms with Gasteiger partial charge in [0.1, 0.15) is 73.2 Å². The Labute approximate surface area is 484 Å². The molecule has 12 N–H and O–H groups in total. The van der Waals surface area contributed by atoms with E-state index in [4.69, 9.17) is 28.4 Å². The summed E-state index contributed by atoms with van der Waals surface area (Å²) >= 11 is 0. The van der Waals surface area contributed by atoms with E-state index >= 15 is 0 Å². The van der Waals surface area contributed by atoms with Crippen LogP contribution in [0.5, 0.6) is 0 Å². The van der Waals surface area contributed by atoms with Crippen molar-refractivity contribution in [1.82, 2.24) is 5.32 Å². The molecule has 19 heteroatoms. The van der Waals surface area contributed by atoms with Crippen molar-refractivity contribution in [3.63, 3.8) is 0 Å². The highest BCUT2D eigenvalue weighted by atomic mass is 16.8. The van der Waals surface area contributed by atoms with Crippen molar-refractivity contribution in [2.75, 3.05) is 26.4 Å². The number of hydrogen-bond acceptors (Lipinski definition) is 18. The van der Waals surface area contributed by atoms with Gasteiger partial charge in [-0.3, -0.25) is 4.79 Å². The van der Waals surface area contributed by atoms with Crippen LogP contribution in [-0.4, -0.2) is 193 Å². The molecule has 17 atom stereocenters. The summed E-state index contributed by atoms with van der Waals surface area (Å²) in [6.07, 6.45) is 24.3. The van der Waals surface area contributed by atoms with Gasteiger partial charge in [0, 0.05) is 6.42 Å². The molecule has 3 saturated heterocycles. The fraction of sp³-hybridized carbons (Fsp3) is 0.855. The highest BCUT2D eigenvalue weighted by Gasteiger charge is 2.53. The van der Waals surface area contributed by atoms with Gasteiger partial charge in [0.05, 0.1) is 38.6 Å². The summed E-state index contributed by atoms with van der Waals surface area (Å²) in [5.41, 5.74) is 0. The van der Waals surface area contributed by atoms with Crippen molar-refractivity contribution >= 4 is 5.91 Å². The number of carbonyl (C=O) groups excluding carboxylic acids is 1. The van der Waals surface area contributed by atoms with Gasteiger partial charge in [-0.15, -0.1) is 0 Å². The lowest BCUT2D eigenvalue weighted by Crippen LogP contribution is -2.66. The van der Waals surface area contributed by atoms with Crippen LogP contribution in [0.3, 0.4) is 0 Å². The minimum absolute atomic E-state index is 0.241. The zero-order valence-corrected chi connectivity index (χ0v) is 49.3. The lowest BCUT2D eigenvalue weighted by Gasteiger charge is -2.48. The van der Waals surface area contributed by atoms with Crippen LogP contribution in [-0.2, 0) is 33.2 Å². The standard InChI is InChI=1S/C62H111NO18/c1-3-5-7-9-11-12-13-14-15-16-17-18-19-20-21-22-23-24-25-26-27-28-29-30-31-32-34-36-38-40-50(68)63-45(46(67)39-37-35-33-10-8-6-4-2)44-76-60-56(74)53(71)58(48(42-65)78-60)81-62-57(75)54(72)59(49(43-66)79-62)80-61-55(73)52(70)51(69)47(41-64)77-61/h13-14,16-17,19-20,37,39,45-49,51-62,64-67,69-75H,3-12,15,18,21-36,38,40-44H2,1-2H3,(H,63,68)/b14-13-,17-16-,20-19-,39-37+. The number of allylic oxidation sites excluding steroid dienone is 7. The summed E-state index contributed by atoms with van der Waals surface area (Å²) in [5.74, 6) is -0.282. The highest BCUT2D eigenvalue weighted by molar-refractivity contribution is 5.76. The zero-order valence-electron chi connectivity index (χ0n) is 49.3. The first-order valence-corrected chi connectivity index (χ1v) is 31.4. The molecule has 17 unspecified atom stereocenters. The van der Waals surface area contributed by atoms with Crippen molar-refractivity contribution in [2.45, 2.75) is 311 Å². The van der Waals surface area contributed by atoms with E-state index in [-0.39, 0.29) is 18.9 Å². The molecule has 3 heterocycles. The lowest BCUT2D eigenvalue weighted by molar-refractivity contribution is -0.379. The molecule has 3 fully saturated rings. The largest absolute Gasteiger partial charge is 0.394 e. The van der Waals surface area contributed by atoms with E-state index in [2.05, 4.69) is 55.6 Å².